The summed E-state index contributed by atoms with van der Waals surface area (Å²) in [7, 11) is 0. The number of carbonyl (C=O) groups excluding carboxylic acids is 2. The number of likely N-dealkylation sites (tertiary alicyclic amines) is 1. The Kier molecular flexibility index (Phi) is 7.36. The zero-order valence-electron chi connectivity index (χ0n) is 18.4. The maximum absolute atomic E-state index is 13.5. The molecule has 1 saturated carbocycles. The molecular weight excluding hydrogens is 424 g/mol. The van der Waals surface area contributed by atoms with E-state index in [2.05, 4.69) is 5.32 Å². The molecule has 2 amide bonds. The highest BCUT2D eigenvalue weighted by Gasteiger charge is 2.42. The van der Waals surface area contributed by atoms with E-state index in [0.29, 0.717) is 16.5 Å². The van der Waals surface area contributed by atoms with Gasteiger partial charge in [0.1, 0.15) is 5.75 Å². The Hall–Kier alpha value is -2.53. The van der Waals surface area contributed by atoms with Gasteiger partial charge in [-0.15, -0.1) is 0 Å². The van der Waals surface area contributed by atoms with Crippen LogP contribution in [-0.2, 0) is 15.0 Å². The molecule has 32 heavy (non-hydrogen) atoms. The number of rotatable bonds is 6. The summed E-state index contributed by atoms with van der Waals surface area (Å²) >= 11 is 6.50. The third kappa shape index (κ3) is 5.09. The fourth-order valence-corrected chi connectivity index (χ4v) is 5.20. The Bertz CT molecular complexity index is 932. The molecular formula is C26H31ClN2O3. The van der Waals surface area contributed by atoms with Crippen molar-refractivity contribution in [2.45, 2.75) is 56.8 Å². The molecule has 1 N–H and O–H groups in total. The molecule has 1 aliphatic heterocycles. The Morgan fingerprint density at radius 3 is 2.25 bits per heavy atom. The van der Waals surface area contributed by atoms with Gasteiger partial charge in [-0.2, -0.15) is 0 Å². The van der Waals surface area contributed by atoms with Crippen molar-refractivity contribution >= 4 is 29.1 Å². The molecule has 2 aromatic carbocycles. The Morgan fingerprint density at radius 1 is 0.906 bits per heavy atom. The molecule has 170 valence electrons. The zero-order valence-corrected chi connectivity index (χ0v) is 19.2. The van der Waals surface area contributed by atoms with Crippen LogP contribution >= 0.6 is 11.6 Å². The van der Waals surface area contributed by atoms with E-state index in [1.54, 1.807) is 12.1 Å². The summed E-state index contributed by atoms with van der Waals surface area (Å²) in [6, 6.07) is 14.9. The predicted molar refractivity (Wildman–Crippen MR) is 127 cm³/mol. The first-order valence-corrected chi connectivity index (χ1v) is 12.0. The van der Waals surface area contributed by atoms with Gasteiger partial charge in [0.25, 0.3) is 5.91 Å². The summed E-state index contributed by atoms with van der Waals surface area (Å²) in [5, 5.41) is 3.74. The minimum absolute atomic E-state index is 0.0146. The highest BCUT2D eigenvalue weighted by Crippen LogP contribution is 2.43. The van der Waals surface area contributed by atoms with Gasteiger partial charge in [-0.1, -0.05) is 49.1 Å². The Balaban J connectivity index is 1.40. The van der Waals surface area contributed by atoms with Crippen LogP contribution in [0.1, 0.15) is 56.9 Å². The minimum atomic E-state index is -0.605. The molecule has 4 rings (SSSR count). The molecule has 2 aliphatic rings. The van der Waals surface area contributed by atoms with Crippen LogP contribution in [0.2, 0.25) is 5.02 Å². The molecule has 5 nitrogen and oxygen atoms in total. The van der Waals surface area contributed by atoms with Crippen molar-refractivity contribution in [1.29, 1.82) is 0 Å². The normalized spacial score (nSPS) is 18.1. The van der Waals surface area contributed by atoms with Crippen molar-refractivity contribution in [3.8, 4) is 5.75 Å². The first kappa shape index (κ1) is 22.7. The lowest BCUT2D eigenvalue weighted by molar-refractivity contribution is -0.134. The maximum atomic E-state index is 13.5. The number of nitrogens with zero attached hydrogens (tertiary/aromatic N) is 1. The minimum Gasteiger partial charge on any atom is -0.484 e. The van der Waals surface area contributed by atoms with Gasteiger partial charge in [-0.25, -0.2) is 0 Å². The zero-order chi connectivity index (χ0) is 22.4. The van der Waals surface area contributed by atoms with Crippen LogP contribution < -0.4 is 10.1 Å². The largest absolute Gasteiger partial charge is 0.484 e. The van der Waals surface area contributed by atoms with Crippen LogP contribution in [0.5, 0.6) is 5.75 Å². The van der Waals surface area contributed by atoms with Gasteiger partial charge in [0, 0.05) is 23.8 Å². The van der Waals surface area contributed by atoms with E-state index in [4.69, 9.17) is 16.3 Å². The number of carbonyl (C=O) groups is 2. The number of hydrogen-bond donors (Lipinski definition) is 1. The third-order valence-corrected chi connectivity index (χ3v) is 7.04. The number of hydrogen-bond acceptors (Lipinski definition) is 3. The molecule has 0 radical (unpaired) electrons. The number of halogens is 1. The molecule has 2 aromatic rings. The lowest BCUT2D eigenvalue weighted by Crippen LogP contribution is -2.42. The lowest BCUT2D eigenvalue weighted by atomic mass is 9.68. The maximum Gasteiger partial charge on any atom is 0.260 e. The quantitative estimate of drug-likeness (QED) is 0.620. The molecule has 6 heteroatoms. The van der Waals surface area contributed by atoms with Gasteiger partial charge in [0.05, 0.1) is 5.41 Å². The van der Waals surface area contributed by atoms with Gasteiger partial charge in [-0.3, -0.25) is 9.59 Å². The number of benzene rings is 2. The first-order valence-electron chi connectivity index (χ1n) is 11.7. The monoisotopic (exact) mass is 454 g/mol. The summed E-state index contributed by atoms with van der Waals surface area (Å²) in [6.07, 6.45) is 8.07. The fraction of sp³-hybridized carbons (Fsp3) is 0.462. The van der Waals surface area contributed by atoms with E-state index in [0.717, 1.165) is 63.6 Å². The van der Waals surface area contributed by atoms with Crippen molar-refractivity contribution in [2.24, 2.45) is 0 Å². The van der Waals surface area contributed by atoms with Crippen LogP contribution in [0.4, 0.5) is 5.69 Å². The van der Waals surface area contributed by atoms with E-state index in [1.807, 2.05) is 41.3 Å². The van der Waals surface area contributed by atoms with Crippen LogP contribution in [0.3, 0.4) is 0 Å². The molecule has 0 unspecified atom stereocenters. The summed E-state index contributed by atoms with van der Waals surface area (Å²) in [6.45, 7) is 1.68. The number of piperidine rings is 1. The van der Waals surface area contributed by atoms with Gasteiger partial charge >= 0.3 is 0 Å². The molecule has 0 atom stereocenters. The van der Waals surface area contributed by atoms with E-state index in [1.165, 1.54) is 6.42 Å². The van der Waals surface area contributed by atoms with Gasteiger partial charge in [0.15, 0.2) is 6.61 Å². The third-order valence-electron chi connectivity index (χ3n) is 6.71. The highest BCUT2D eigenvalue weighted by molar-refractivity contribution is 6.31. The Morgan fingerprint density at radius 2 is 1.56 bits per heavy atom. The topological polar surface area (TPSA) is 58.6 Å². The van der Waals surface area contributed by atoms with E-state index < -0.39 is 5.41 Å². The van der Waals surface area contributed by atoms with Crippen LogP contribution in [0, 0.1) is 0 Å². The highest BCUT2D eigenvalue weighted by atomic mass is 35.5. The van der Waals surface area contributed by atoms with Crippen molar-refractivity contribution in [3.63, 3.8) is 0 Å². The smallest absolute Gasteiger partial charge is 0.260 e. The van der Waals surface area contributed by atoms with Crippen molar-refractivity contribution < 1.29 is 14.3 Å². The number of ether oxygens (including phenoxy) is 1. The summed E-state index contributed by atoms with van der Waals surface area (Å²) in [5.41, 5.74) is 1.02. The second kappa shape index (κ2) is 10.4. The summed E-state index contributed by atoms with van der Waals surface area (Å²) < 4.78 is 5.68. The number of amides is 2. The fourth-order valence-electron chi connectivity index (χ4n) is 4.89. The summed E-state index contributed by atoms with van der Waals surface area (Å²) in [5.74, 6) is 0.632. The van der Waals surface area contributed by atoms with Crippen molar-refractivity contribution in [2.75, 3.05) is 25.0 Å². The summed E-state index contributed by atoms with van der Waals surface area (Å²) in [4.78, 5) is 27.6. The van der Waals surface area contributed by atoms with Gasteiger partial charge in [-0.05, 0) is 68.0 Å². The van der Waals surface area contributed by atoms with E-state index in [9.17, 15) is 9.59 Å². The second-order valence-corrected chi connectivity index (χ2v) is 9.24. The second-order valence-electron chi connectivity index (χ2n) is 8.83. The molecule has 0 spiro atoms. The number of anilines is 1. The molecule has 0 bridgehead atoms. The SMILES string of the molecule is O=C(COc1ccc(NC(=O)C2(c3ccccc3Cl)CCCCC2)cc1)N1CCCCC1. The van der Waals surface area contributed by atoms with Crippen LogP contribution in [-0.4, -0.2) is 36.4 Å². The molecule has 1 saturated heterocycles. The molecule has 2 fully saturated rings. The molecule has 0 aromatic heterocycles. The molecule has 1 heterocycles. The van der Waals surface area contributed by atoms with Crippen molar-refractivity contribution in [3.05, 3.63) is 59.1 Å². The average molecular weight is 455 g/mol. The first-order chi connectivity index (χ1) is 15.6. The van der Waals surface area contributed by atoms with E-state index in [-0.39, 0.29) is 18.4 Å². The number of nitrogens with one attached hydrogen (secondary N) is 1. The van der Waals surface area contributed by atoms with Crippen molar-refractivity contribution in [1.82, 2.24) is 4.90 Å². The average Bonchev–Trinajstić information content (AvgIpc) is 2.84. The standard InChI is InChI=1S/C26H31ClN2O3/c27-23-10-4-3-9-22(23)26(15-5-1-6-16-26)25(31)28-20-11-13-21(14-12-20)32-19-24(30)29-17-7-2-8-18-29/h3-4,9-14H,1-2,5-8,15-19H2,(H,28,31). The lowest BCUT2D eigenvalue weighted by Gasteiger charge is -2.37. The van der Waals surface area contributed by atoms with Gasteiger partial charge in [0.2, 0.25) is 5.91 Å². The Labute approximate surface area is 195 Å². The van der Waals surface area contributed by atoms with E-state index >= 15 is 0 Å². The van der Waals surface area contributed by atoms with Gasteiger partial charge < -0.3 is 15.0 Å². The van der Waals surface area contributed by atoms with Crippen LogP contribution in [0.15, 0.2) is 48.5 Å². The predicted octanol–water partition coefficient (Wildman–Crippen LogP) is 5.57. The molecule has 1 aliphatic carbocycles. The van der Waals surface area contributed by atoms with Crippen LogP contribution in [0.25, 0.3) is 0 Å².